The van der Waals surface area contributed by atoms with Crippen molar-refractivity contribution in [2.75, 3.05) is 4.90 Å². The van der Waals surface area contributed by atoms with Gasteiger partial charge in [-0.1, -0.05) is 35.6 Å². The molecule has 3 heterocycles. The van der Waals surface area contributed by atoms with Crippen molar-refractivity contribution in [1.82, 2.24) is 15.0 Å². The maximum absolute atomic E-state index is 13.6. The molecule has 0 fully saturated rings. The molecule has 1 amide bonds. The maximum atomic E-state index is 13.6. The van der Waals surface area contributed by atoms with Gasteiger partial charge in [-0.2, -0.15) is 0 Å². The Hall–Kier alpha value is -3.58. The number of anilines is 1. The Morgan fingerprint density at radius 1 is 1.14 bits per heavy atom. The first-order valence-electron chi connectivity index (χ1n) is 9.02. The number of halogens is 1. The Morgan fingerprint density at radius 3 is 2.90 bits per heavy atom. The zero-order chi connectivity index (χ0) is 19.8. The van der Waals surface area contributed by atoms with E-state index in [0.29, 0.717) is 27.5 Å². The lowest BCUT2D eigenvalue weighted by atomic mass is 10.1. The Kier molecular flexibility index (Phi) is 4.29. The molecule has 5 nitrogen and oxygen atoms in total. The first-order chi connectivity index (χ1) is 14.2. The fraction of sp³-hybridized carbons (Fsp3) is 0.0455. The van der Waals surface area contributed by atoms with Crippen LogP contribution in [0.3, 0.4) is 0 Å². The summed E-state index contributed by atoms with van der Waals surface area (Å²) < 4.78 is 14.3. The molecular formula is C22H15FN4OS. The Labute approximate surface area is 169 Å². The van der Waals surface area contributed by atoms with Crippen LogP contribution in [0.4, 0.5) is 9.52 Å². The van der Waals surface area contributed by atoms with Gasteiger partial charge in [0, 0.05) is 29.5 Å². The van der Waals surface area contributed by atoms with Crippen LogP contribution in [0.5, 0.6) is 0 Å². The van der Waals surface area contributed by atoms with E-state index in [2.05, 4.69) is 15.0 Å². The van der Waals surface area contributed by atoms with Gasteiger partial charge in [0.2, 0.25) is 0 Å². The fourth-order valence-corrected chi connectivity index (χ4v) is 4.28. The number of amides is 1. The molecule has 29 heavy (non-hydrogen) atoms. The summed E-state index contributed by atoms with van der Waals surface area (Å²) in [5.41, 5.74) is 3.00. The lowest BCUT2D eigenvalue weighted by molar-refractivity contribution is 0.0986. The monoisotopic (exact) mass is 402 g/mol. The highest BCUT2D eigenvalue weighted by molar-refractivity contribution is 7.22. The van der Waals surface area contributed by atoms with Crippen LogP contribution in [0.2, 0.25) is 0 Å². The lowest BCUT2D eigenvalue weighted by Gasteiger charge is -2.19. The maximum Gasteiger partial charge on any atom is 0.262 e. The van der Waals surface area contributed by atoms with E-state index in [1.54, 1.807) is 29.6 Å². The van der Waals surface area contributed by atoms with E-state index in [1.165, 1.54) is 23.5 Å². The van der Waals surface area contributed by atoms with Crippen molar-refractivity contribution in [3.63, 3.8) is 0 Å². The normalized spacial score (nSPS) is 11.2. The summed E-state index contributed by atoms with van der Waals surface area (Å²) in [6.07, 6.45) is 5.13. The smallest absolute Gasteiger partial charge is 0.262 e. The molecule has 0 aliphatic rings. The van der Waals surface area contributed by atoms with E-state index >= 15 is 0 Å². The minimum absolute atomic E-state index is 0.175. The quantitative estimate of drug-likeness (QED) is 0.452. The van der Waals surface area contributed by atoms with Crippen molar-refractivity contribution >= 4 is 43.5 Å². The van der Waals surface area contributed by atoms with Gasteiger partial charge in [0.15, 0.2) is 5.13 Å². The molecule has 0 aliphatic carbocycles. The molecule has 0 saturated heterocycles. The molecular weight excluding hydrogens is 387 g/mol. The number of hydrogen-bond acceptors (Lipinski definition) is 4. The zero-order valence-corrected chi connectivity index (χ0v) is 16.0. The van der Waals surface area contributed by atoms with E-state index < -0.39 is 0 Å². The molecule has 142 valence electrons. The highest BCUT2D eigenvalue weighted by Crippen LogP contribution is 2.32. The van der Waals surface area contributed by atoms with Gasteiger partial charge in [-0.3, -0.25) is 14.7 Å². The van der Waals surface area contributed by atoms with Crippen molar-refractivity contribution < 1.29 is 9.18 Å². The van der Waals surface area contributed by atoms with E-state index in [4.69, 9.17) is 0 Å². The van der Waals surface area contributed by atoms with Crippen LogP contribution < -0.4 is 4.90 Å². The number of aromatic amines is 1. The van der Waals surface area contributed by atoms with Gasteiger partial charge in [-0.25, -0.2) is 9.37 Å². The molecule has 0 atom stereocenters. The van der Waals surface area contributed by atoms with Gasteiger partial charge >= 0.3 is 0 Å². The lowest BCUT2D eigenvalue weighted by Crippen LogP contribution is -2.30. The number of para-hydroxylation sites is 1. The van der Waals surface area contributed by atoms with Crippen molar-refractivity contribution in [3.8, 4) is 0 Å². The topological polar surface area (TPSA) is 61.9 Å². The number of pyridine rings is 1. The molecule has 0 unspecified atom stereocenters. The molecule has 2 aromatic carbocycles. The number of hydrogen-bond donors (Lipinski definition) is 1. The molecule has 5 rings (SSSR count). The van der Waals surface area contributed by atoms with Gasteiger partial charge in [0.25, 0.3) is 5.91 Å². The number of fused-ring (bicyclic) bond motifs is 2. The predicted octanol–water partition coefficient (Wildman–Crippen LogP) is 5.16. The van der Waals surface area contributed by atoms with Crippen LogP contribution in [-0.2, 0) is 6.54 Å². The Morgan fingerprint density at radius 2 is 2.03 bits per heavy atom. The van der Waals surface area contributed by atoms with Gasteiger partial charge in [0.05, 0.1) is 22.3 Å². The number of nitrogens with zero attached hydrogens (tertiary/aromatic N) is 3. The Balaban J connectivity index is 1.61. The number of H-pyrrole nitrogens is 1. The molecule has 1 N–H and O–H groups in total. The minimum atomic E-state index is -0.325. The molecule has 0 saturated carbocycles. The standard InChI is InChI=1S/C22H15FN4OS/c23-15-7-8-19-20(10-15)29-22(26-19)27(13-14-4-3-9-24-11-14)21(28)17-12-25-18-6-2-1-5-16(17)18/h1-12,25H,13H2. The van der Waals surface area contributed by atoms with E-state index in [0.717, 1.165) is 16.5 Å². The average Bonchev–Trinajstić information content (AvgIpc) is 3.36. The number of carbonyl (C=O) groups excluding carboxylic acids is 1. The van der Waals surface area contributed by atoms with Crippen molar-refractivity contribution in [3.05, 3.63) is 90.1 Å². The molecule has 7 heteroatoms. The van der Waals surface area contributed by atoms with Crippen LogP contribution >= 0.6 is 11.3 Å². The SMILES string of the molecule is O=C(c1c[nH]c2ccccc12)N(Cc1cccnc1)c1nc2ccc(F)cc2s1. The van der Waals surface area contributed by atoms with Gasteiger partial charge in [-0.15, -0.1) is 0 Å². The van der Waals surface area contributed by atoms with Gasteiger partial charge in [0.1, 0.15) is 5.82 Å². The highest BCUT2D eigenvalue weighted by Gasteiger charge is 2.24. The largest absolute Gasteiger partial charge is 0.360 e. The third-order valence-electron chi connectivity index (χ3n) is 4.70. The number of thiazole rings is 1. The zero-order valence-electron chi connectivity index (χ0n) is 15.2. The van der Waals surface area contributed by atoms with Crippen LogP contribution in [0.25, 0.3) is 21.1 Å². The predicted molar refractivity (Wildman–Crippen MR) is 113 cm³/mol. The van der Waals surface area contributed by atoms with Crippen LogP contribution in [-0.4, -0.2) is 20.9 Å². The number of benzene rings is 2. The summed E-state index contributed by atoms with van der Waals surface area (Å²) in [5.74, 6) is -0.500. The molecule has 0 radical (unpaired) electrons. The van der Waals surface area contributed by atoms with Crippen LogP contribution in [0, 0.1) is 5.82 Å². The second-order valence-electron chi connectivity index (χ2n) is 6.61. The minimum Gasteiger partial charge on any atom is -0.360 e. The van der Waals surface area contributed by atoms with E-state index in [-0.39, 0.29) is 11.7 Å². The third kappa shape index (κ3) is 3.25. The van der Waals surface area contributed by atoms with E-state index in [1.807, 2.05) is 36.4 Å². The number of nitrogens with one attached hydrogen (secondary N) is 1. The first kappa shape index (κ1) is 17.5. The molecule has 3 aromatic heterocycles. The summed E-state index contributed by atoms with van der Waals surface area (Å²) >= 11 is 1.29. The van der Waals surface area contributed by atoms with Gasteiger partial charge < -0.3 is 4.98 Å². The third-order valence-corrected chi connectivity index (χ3v) is 5.74. The second kappa shape index (κ2) is 7.10. The molecule has 0 aliphatic heterocycles. The summed E-state index contributed by atoms with van der Waals surface area (Å²) in [7, 11) is 0. The van der Waals surface area contributed by atoms with Crippen LogP contribution in [0.15, 0.2) is 73.2 Å². The van der Waals surface area contributed by atoms with Crippen molar-refractivity contribution in [2.45, 2.75) is 6.54 Å². The van der Waals surface area contributed by atoms with Crippen molar-refractivity contribution in [2.24, 2.45) is 0 Å². The molecule has 0 bridgehead atoms. The average molecular weight is 402 g/mol. The number of carbonyl (C=O) groups is 1. The summed E-state index contributed by atoms with van der Waals surface area (Å²) in [6.45, 7) is 0.314. The van der Waals surface area contributed by atoms with Crippen molar-refractivity contribution in [1.29, 1.82) is 0 Å². The Bertz CT molecular complexity index is 1330. The molecule has 5 aromatic rings. The second-order valence-corrected chi connectivity index (χ2v) is 7.62. The van der Waals surface area contributed by atoms with Crippen LogP contribution in [0.1, 0.15) is 15.9 Å². The first-order valence-corrected chi connectivity index (χ1v) is 9.84. The van der Waals surface area contributed by atoms with Gasteiger partial charge in [-0.05, 0) is 35.9 Å². The fourth-order valence-electron chi connectivity index (χ4n) is 3.30. The summed E-state index contributed by atoms with van der Waals surface area (Å²) in [5, 5.41) is 1.37. The molecule has 0 spiro atoms. The number of rotatable bonds is 4. The summed E-state index contributed by atoms with van der Waals surface area (Å²) in [6, 6.07) is 15.8. The summed E-state index contributed by atoms with van der Waals surface area (Å²) in [4.78, 5) is 27.0. The van der Waals surface area contributed by atoms with E-state index in [9.17, 15) is 9.18 Å². The highest BCUT2D eigenvalue weighted by atomic mass is 32.1. The number of aromatic nitrogens is 3.